The van der Waals surface area contributed by atoms with E-state index in [-0.39, 0.29) is 11.8 Å². The molecule has 1 aromatic heterocycles. The van der Waals surface area contributed by atoms with Crippen molar-refractivity contribution < 1.29 is 9.53 Å². The number of aromatic nitrogens is 2. The summed E-state index contributed by atoms with van der Waals surface area (Å²) in [5.74, 6) is 0.873. The van der Waals surface area contributed by atoms with Crippen LogP contribution in [0.4, 0.5) is 5.95 Å². The smallest absolute Gasteiger partial charge is 0.225 e. The summed E-state index contributed by atoms with van der Waals surface area (Å²) in [4.78, 5) is 23.2. The van der Waals surface area contributed by atoms with Gasteiger partial charge in [-0.2, -0.15) is 0 Å². The maximum atomic E-state index is 12.1. The second kappa shape index (κ2) is 8.96. The molecule has 0 aliphatic carbocycles. The molecule has 3 rings (SSSR count). The van der Waals surface area contributed by atoms with E-state index in [1.165, 1.54) is 0 Å². The van der Waals surface area contributed by atoms with Gasteiger partial charge in [-0.25, -0.2) is 9.97 Å². The van der Waals surface area contributed by atoms with Crippen molar-refractivity contribution in [1.82, 2.24) is 15.3 Å². The lowest BCUT2D eigenvalue weighted by Gasteiger charge is -2.31. The Morgan fingerprint density at radius 1 is 1.19 bits per heavy atom. The van der Waals surface area contributed by atoms with Crippen LogP contribution < -0.4 is 10.2 Å². The molecule has 2 aromatic rings. The molecule has 26 heavy (non-hydrogen) atoms. The van der Waals surface area contributed by atoms with Crippen molar-refractivity contribution in [3.8, 4) is 11.1 Å². The Morgan fingerprint density at radius 2 is 1.85 bits per heavy atom. The van der Waals surface area contributed by atoms with Crippen LogP contribution in [0.5, 0.6) is 0 Å². The van der Waals surface area contributed by atoms with E-state index < -0.39 is 0 Å². The van der Waals surface area contributed by atoms with Crippen LogP contribution in [0, 0.1) is 5.92 Å². The molecular weight excluding hydrogens is 352 g/mol. The van der Waals surface area contributed by atoms with Crippen molar-refractivity contribution in [2.75, 3.05) is 38.3 Å². The topological polar surface area (TPSA) is 67.3 Å². The van der Waals surface area contributed by atoms with E-state index in [2.05, 4.69) is 20.2 Å². The molecule has 1 aliphatic heterocycles. The summed E-state index contributed by atoms with van der Waals surface area (Å²) in [5.41, 5.74) is 1.99. The second-order valence-electron chi connectivity index (χ2n) is 6.32. The van der Waals surface area contributed by atoms with Crippen molar-refractivity contribution in [1.29, 1.82) is 0 Å². The summed E-state index contributed by atoms with van der Waals surface area (Å²) in [6.45, 7) is 2.66. The average molecular weight is 375 g/mol. The second-order valence-corrected chi connectivity index (χ2v) is 6.76. The van der Waals surface area contributed by atoms with Gasteiger partial charge < -0.3 is 15.0 Å². The number of methoxy groups -OCH3 is 1. The average Bonchev–Trinajstić information content (AvgIpc) is 2.69. The molecule has 0 spiro atoms. The van der Waals surface area contributed by atoms with Crippen molar-refractivity contribution in [3.63, 3.8) is 0 Å². The lowest BCUT2D eigenvalue weighted by molar-refractivity contribution is -0.125. The summed E-state index contributed by atoms with van der Waals surface area (Å²) in [7, 11) is 1.63. The molecule has 0 radical (unpaired) electrons. The number of ether oxygens (including phenoxy) is 1. The summed E-state index contributed by atoms with van der Waals surface area (Å²) >= 11 is 5.92. The van der Waals surface area contributed by atoms with Gasteiger partial charge in [-0.05, 0) is 30.5 Å². The number of carbonyl (C=O) groups excluding carboxylic acids is 1. The predicted molar refractivity (Wildman–Crippen MR) is 102 cm³/mol. The predicted octanol–water partition coefficient (Wildman–Crippen LogP) is 2.78. The van der Waals surface area contributed by atoms with Gasteiger partial charge in [-0.3, -0.25) is 4.79 Å². The molecule has 1 saturated heterocycles. The fourth-order valence-electron chi connectivity index (χ4n) is 3.04. The van der Waals surface area contributed by atoms with E-state index >= 15 is 0 Å². The highest BCUT2D eigenvalue weighted by atomic mass is 35.5. The van der Waals surface area contributed by atoms with Crippen molar-refractivity contribution in [2.24, 2.45) is 5.92 Å². The van der Waals surface area contributed by atoms with Gasteiger partial charge in [0.2, 0.25) is 11.9 Å². The number of piperidine rings is 1. The Hall–Kier alpha value is -2.18. The van der Waals surface area contributed by atoms with Gasteiger partial charge in [-0.1, -0.05) is 23.7 Å². The molecule has 6 nitrogen and oxygen atoms in total. The number of nitrogens with zero attached hydrogens (tertiary/aromatic N) is 3. The zero-order valence-electron chi connectivity index (χ0n) is 14.8. The summed E-state index contributed by atoms with van der Waals surface area (Å²) in [5, 5.41) is 3.62. The van der Waals surface area contributed by atoms with E-state index in [0.29, 0.717) is 24.1 Å². The number of hydrogen-bond acceptors (Lipinski definition) is 5. The maximum absolute atomic E-state index is 12.1. The summed E-state index contributed by atoms with van der Waals surface area (Å²) in [6, 6.07) is 7.61. The van der Waals surface area contributed by atoms with Crippen LogP contribution in [-0.4, -0.2) is 49.2 Å². The Bertz CT molecular complexity index is 713. The van der Waals surface area contributed by atoms with Crippen LogP contribution in [0.3, 0.4) is 0 Å². The van der Waals surface area contributed by atoms with E-state index in [1.807, 2.05) is 36.7 Å². The Balaban J connectivity index is 1.54. The van der Waals surface area contributed by atoms with Gasteiger partial charge in [0.25, 0.3) is 0 Å². The molecule has 2 heterocycles. The van der Waals surface area contributed by atoms with Gasteiger partial charge in [0, 0.05) is 55.6 Å². The number of anilines is 1. The van der Waals surface area contributed by atoms with Crippen LogP contribution in [0.2, 0.25) is 5.02 Å². The highest BCUT2D eigenvalue weighted by molar-refractivity contribution is 6.30. The first-order valence-corrected chi connectivity index (χ1v) is 9.15. The van der Waals surface area contributed by atoms with Crippen molar-refractivity contribution in [2.45, 2.75) is 12.8 Å². The molecule has 138 valence electrons. The maximum Gasteiger partial charge on any atom is 0.225 e. The van der Waals surface area contributed by atoms with E-state index in [9.17, 15) is 4.79 Å². The fourth-order valence-corrected chi connectivity index (χ4v) is 3.16. The van der Waals surface area contributed by atoms with E-state index in [0.717, 1.165) is 37.1 Å². The minimum Gasteiger partial charge on any atom is -0.383 e. The number of hydrogen-bond donors (Lipinski definition) is 1. The van der Waals surface area contributed by atoms with Crippen LogP contribution >= 0.6 is 11.6 Å². The van der Waals surface area contributed by atoms with Gasteiger partial charge in [-0.15, -0.1) is 0 Å². The molecule has 0 atom stereocenters. The first-order chi connectivity index (χ1) is 12.7. The minimum absolute atomic E-state index is 0.0523. The van der Waals surface area contributed by atoms with Gasteiger partial charge >= 0.3 is 0 Å². The SMILES string of the molecule is COCCNC(=O)C1CCN(c2ncc(-c3ccc(Cl)cc3)cn2)CC1. The lowest BCUT2D eigenvalue weighted by atomic mass is 9.96. The number of halogens is 1. The van der Waals surface area contributed by atoms with Crippen molar-refractivity contribution in [3.05, 3.63) is 41.7 Å². The quantitative estimate of drug-likeness (QED) is 0.787. The summed E-state index contributed by atoms with van der Waals surface area (Å²) in [6.07, 6.45) is 5.27. The number of carbonyl (C=O) groups is 1. The molecule has 0 bridgehead atoms. The number of nitrogens with one attached hydrogen (secondary N) is 1. The monoisotopic (exact) mass is 374 g/mol. The Labute approximate surface area is 158 Å². The zero-order valence-corrected chi connectivity index (χ0v) is 15.6. The van der Waals surface area contributed by atoms with Gasteiger partial charge in [0.05, 0.1) is 6.61 Å². The third-order valence-corrected chi connectivity index (χ3v) is 4.82. The largest absolute Gasteiger partial charge is 0.383 e. The lowest BCUT2D eigenvalue weighted by Crippen LogP contribution is -2.41. The Morgan fingerprint density at radius 3 is 2.46 bits per heavy atom. The molecule has 1 fully saturated rings. The van der Waals surface area contributed by atoms with E-state index in [4.69, 9.17) is 16.3 Å². The number of amides is 1. The standard InChI is InChI=1S/C19H23ClN4O2/c1-26-11-8-21-18(25)15-6-9-24(10-7-15)19-22-12-16(13-23-19)14-2-4-17(20)5-3-14/h2-5,12-13,15H,6-11H2,1H3,(H,21,25). The first kappa shape index (κ1) is 18.6. The molecule has 0 saturated carbocycles. The molecule has 1 aromatic carbocycles. The third kappa shape index (κ3) is 4.71. The van der Waals surface area contributed by atoms with Crippen LogP contribution in [0.25, 0.3) is 11.1 Å². The molecular formula is C19H23ClN4O2. The number of benzene rings is 1. The molecule has 1 aliphatic rings. The normalized spacial score (nSPS) is 15.1. The first-order valence-electron chi connectivity index (χ1n) is 8.77. The van der Waals surface area contributed by atoms with Crippen LogP contribution in [0.1, 0.15) is 12.8 Å². The Kier molecular flexibility index (Phi) is 6.41. The van der Waals surface area contributed by atoms with Crippen LogP contribution in [-0.2, 0) is 9.53 Å². The van der Waals surface area contributed by atoms with Gasteiger partial charge in [0.1, 0.15) is 0 Å². The highest BCUT2D eigenvalue weighted by Gasteiger charge is 2.25. The molecule has 1 amide bonds. The number of rotatable bonds is 6. The molecule has 1 N–H and O–H groups in total. The fraction of sp³-hybridized carbons (Fsp3) is 0.421. The molecule has 7 heteroatoms. The summed E-state index contributed by atoms with van der Waals surface area (Å²) < 4.78 is 4.96. The minimum atomic E-state index is 0.0523. The molecule has 0 unspecified atom stereocenters. The van der Waals surface area contributed by atoms with Crippen LogP contribution in [0.15, 0.2) is 36.7 Å². The zero-order chi connectivity index (χ0) is 18.4. The van der Waals surface area contributed by atoms with Crippen molar-refractivity contribution >= 4 is 23.5 Å². The van der Waals surface area contributed by atoms with E-state index in [1.54, 1.807) is 7.11 Å². The highest BCUT2D eigenvalue weighted by Crippen LogP contribution is 2.24. The van der Waals surface area contributed by atoms with Gasteiger partial charge in [0.15, 0.2) is 0 Å². The third-order valence-electron chi connectivity index (χ3n) is 4.57.